The van der Waals surface area contributed by atoms with Gasteiger partial charge in [-0.3, -0.25) is 4.79 Å². The third-order valence-corrected chi connectivity index (χ3v) is 2.23. The number of phenols is 2. The average Bonchev–Trinajstić information content (AvgIpc) is 2.33. The fourth-order valence-corrected chi connectivity index (χ4v) is 1.41. The van der Waals surface area contributed by atoms with E-state index in [4.69, 9.17) is 0 Å². The molecule has 0 aliphatic carbocycles. The van der Waals surface area contributed by atoms with E-state index < -0.39 is 11.5 Å². The maximum absolute atomic E-state index is 11.9. The summed E-state index contributed by atoms with van der Waals surface area (Å²) in [5.41, 5.74) is 0.533. The molecular weight excluding hydrogens is 204 g/mol. The highest BCUT2D eigenvalue weighted by molar-refractivity contribution is 6.11. The second-order valence-corrected chi connectivity index (χ2v) is 3.28. The Morgan fingerprint density at radius 2 is 1.75 bits per heavy atom. The van der Waals surface area contributed by atoms with E-state index in [1.54, 1.807) is 30.3 Å². The van der Waals surface area contributed by atoms with E-state index in [1.807, 2.05) is 0 Å². The topological polar surface area (TPSA) is 57.5 Å². The van der Waals surface area contributed by atoms with E-state index in [9.17, 15) is 15.0 Å². The number of benzene rings is 2. The van der Waals surface area contributed by atoms with E-state index in [0.29, 0.717) is 5.56 Å². The quantitative estimate of drug-likeness (QED) is 0.593. The Morgan fingerprint density at radius 3 is 2.44 bits per heavy atom. The second-order valence-electron chi connectivity index (χ2n) is 3.28. The van der Waals surface area contributed by atoms with Gasteiger partial charge in [0, 0.05) is 11.6 Å². The highest BCUT2D eigenvalue weighted by Gasteiger charge is 2.15. The fraction of sp³-hybridized carbons (Fsp3) is 0. The molecule has 0 saturated heterocycles. The summed E-state index contributed by atoms with van der Waals surface area (Å²) in [4.78, 5) is 11.9. The summed E-state index contributed by atoms with van der Waals surface area (Å²) in [5.74, 6) is -1.18. The van der Waals surface area contributed by atoms with Crippen LogP contribution in [0.5, 0.6) is 11.5 Å². The zero-order valence-corrected chi connectivity index (χ0v) is 8.34. The lowest BCUT2D eigenvalue weighted by molar-refractivity contribution is 0.103. The number of ketones is 1. The molecule has 1 radical (unpaired) electrons. The maximum Gasteiger partial charge on any atom is 0.196 e. The third-order valence-electron chi connectivity index (χ3n) is 2.23. The summed E-state index contributed by atoms with van der Waals surface area (Å²) in [5, 5.41) is 18.8. The van der Waals surface area contributed by atoms with E-state index in [1.165, 1.54) is 12.1 Å². The number of carbonyl (C=O) groups excluding carboxylic acids is 1. The summed E-state index contributed by atoms with van der Waals surface area (Å²) < 4.78 is 0. The first-order chi connectivity index (χ1) is 7.70. The summed E-state index contributed by atoms with van der Waals surface area (Å²) >= 11 is 0. The lowest BCUT2D eigenvalue weighted by Gasteiger charge is -2.04. The first-order valence-electron chi connectivity index (χ1n) is 4.72. The Labute approximate surface area is 92.6 Å². The first-order valence-corrected chi connectivity index (χ1v) is 4.72. The number of carbonyl (C=O) groups is 1. The van der Waals surface area contributed by atoms with Crippen LogP contribution in [0, 0.1) is 6.07 Å². The number of rotatable bonds is 2. The molecule has 3 nitrogen and oxygen atoms in total. The summed E-state index contributed by atoms with van der Waals surface area (Å²) in [6, 6.07) is 13.8. The lowest BCUT2D eigenvalue weighted by atomic mass is 10.0. The highest BCUT2D eigenvalue weighted by Crippen LogP contribution is 2.29. The van der Waals surface area contributed by atoms with Gasteiger partial charge in [-0.05, 0) is 12.1 Å². The van der Waals surface area contributed by atoms with E-state index in [0.717, 1.165) is 0 Å². The molecule has 0 spiro atoms. The molecular formula is C13H9O3. The molecule has 3 heteroatoms. The van der Waals surface area contributed by atoms with Crippen molar-refractivity contribution < 1.29 is 15.0 Å². The van der Waals surface area contributed by atoms with Crippen LogP contribution in [0.1, 0.15) is 15.9 Å². The van der Waals surface area contributed by atoms with Crippen LogP contribution in [0.25, 0.3) is 0 Å². The van der Waals surface area contributed by atoms with Crippen LogP contribution in [0.4, 0.5) is 0 Å². The minimum atomic E-state index is -0.434. The highest BCUT2D eigenvalue weighted by atomic mass is 16.3. The van der Waals surface area contributed by atoms with Crippen LogP contribution < -0.4 is 0 Å². The molecule has 0 saturated carbocycles. The van der Waals surface area contributed by atoms with Crippen molar-refractivity contribution in [3.63, 3.8) is 0 Å². The molecule has 0 heterocycles. The van der Waals surface area contributed by atoms with Crippen molar-refractivity contribution in [3.05, 3.63) is 59.7 Å². The third kappa shape index (κ3) is 1.75. The predicted molar refractivity (Wildman–Crippen MR) is 58.5 cm³/mol. The molecule has 0 unspecified atom stereocenters. The normalized spacial score (nSPS) is 10.0. The van der Waals surface area contributed by atoms with Crippen LogP contribution in [0.15, 0.2) is 42.5 Å². The standard InChI is InChI=1S/C13H9O3/c14-11-8-4-7-10(13(11)16)12(15)9-5-2-1-3-6-9/h1-7,14,16H. The van der Waals surface area contributed by atoms with Gasteiger partial charge in [-0.1, -0.05) is 30.3 Å². The minimum absolute atomic E-state index is 0.0717. The molecule has 2 aromatic carbocycles. The molecule has 0 fully saturated rings. The Bertz CT molecular complexity index is 518. The smallest absolute Gasteiger partial charge is 0.196 e. The van der Waals surface area contributed by atoms with Crippen LogP contribution in [-0.2, 0) is 0 Å². The van der Waals surface area contributed by atoms with Crippen LogP contribution in [-0.4, -0.2) is 16.0 Å². The van der Waals surface area contributed by atoms with Crippen molar-refractivity contribution in [1.29, 1.82) is 0 Å². The van der Waals surface area contributed by atoms with Gasteiger partial charge in [0.2, 0.25) is 0 Å². The van der Waals surface area contributed by atoms with Crippen LogP contribution in [0.3, 0.4) is 0 Å². The van der Waals surface area contributed by atoms with Gasteiger partial charge in [0.25, 0.3) is 0 Å². The van der Waals surface area contributed by atoms with Crippen molar-refractivity contribution in [3.8, 4) is 11.5 Å². The maximum atomic E-state index is 11.9. The lowest BCUT2D eigenvalue weighted by Crippen LogP contribution is -2.01. The van der Waals surface area contributed by atoms with Gasteiger partial charge in [0.15, 0.2) is 17.3 Å². The van der Waals surface area contributed by atoms with Crippen molar-refractivity contribution in [2.75, 3.05) is 0 Å². The largest absolute Gasteiger partial charge is 0.504 e. The predicted octanol–water partition coefficient (Wildman–Crippen LogP) is 2.13. The fourth-order valence-electron chi connectivity index (χ4n) is 1.41. The van der Waals surface area contributed by atoms with Gasteiger partial charge in [-0.15, -0.1) is 0 Å². The van der Waals surface area contributed by atoms with Crippen molar-refractivity contribution in [1.82, 2.24) is 0 Å². The van der Waals surface area contributed by atoms with E-state index in [2.05, 4.69) is 6.07 Å². The van der Waals surface area contributed by atoms with E-state index in [-0.39, 0.29) is 11.3 Å². The molecule has 0 aliphatic rings. The molecule has 0 bridgehead atoms. The van der Waals surface area contributed by atoms with Crippen molar-refractivity contribution in [2.45, 2.75) is 0 Å². The monoisotopic (exact) mass is 213 g/mol. The molecule has 0 aromatic heterocycles. The minimum Gasteiger partial charge on any atom is -0.504 e. The molecule has 16 heavy (non-hydrogen) atoms. The van der Waals surface area contributed by atoms with Crippen LogP contribution in [0.2, 0.25) is 0 Å². The van der Waals surface area contributed by atoms with Crippen molar-refractivity contribution in [2.24, 2.45) is 0 Å². The molecule has 79 valence electrons. The van der Waals surface area contributed by atoms with Gasteiger partial charge in [-0.25, -0.2) is 0 Å². The zero-order chi connectivity index (χ0) is 11.5. The van der Waals surface area contributed by atoms with Gasteiger partial charge >= 0.3 is 0 Å². The molecule has 2 rings (SSSR count). The number of hydrogen-bond donors (Lipinski definition) is 2. The molecule has 2 aromatic rings. The van der Waals surface area contributed by atoms with Crippen LogP contribution >= 0.6 is 0 Å². The summed E-state index contributed by atoms with van der Waals surface area (Å²) in [6.07, 6.45) is 0. The number of hydrogen-bond acceptors (Lipinski definition) is 3. The Hall–Kier alpha value is -2.29. The zero-order valence-electron chi connectivity index (χ0n) is 8.34. The van der Waals surface area contributed by atoms with Gasteiger partial charge in [0.05, 0.1) is 5.56 Å². The van der Waals surface area contributed by atoms with E-state index >= 15 is 0 Å². The van der Waals surface area contributed by atoms with Gasteiger partial charge in [0.1, 0.15) is 0 Å². The Morgan fingerprint density at radius 1 is 1.06 bits per heavy atom. The number of aromatic hydroxyl groups is 2. The molecule has 0 amide bonds. The number of phenolic OH excluding ortho intramolecular Hbond substituents is 2. The molecule has 0 aliphatic heterocycles. The van der Waals surface area contributed by atoms with Crippen molar-refractivity contribution >= 4 is 5.78 Å². The SMILES string of the molecule is O=C(c1ccccc1)c1cc[c]c(O)c1O. The molecule has 2 N–H and O–H groups in total. The molecule has 0 atom stereocenters. The van der Waals surface area contributed by atoms with Gasteiger partial charge in [-0.2, -0.15) is 0 Å². The Balaban J connectivity index is 2.46. The summed E-state index contributed by atoms with van der Waals surface area (Å²) in [7, 11) is 0. The second kappa shape index (κ2) is 4.06. The summed E-state index contributed by atoms with van der Waals surface area (Å²) in [6.45, 7) is 0. The first kappa shape index (κ1) is 10.2. The van der Waals surface area contributed by atoms with Gasteiger partial charge < -0.3 is 10.2 Å². The Kier molecular flexibility index (Phi) is 2.60. The average molecular weight is 213 g/mol.